The van der Waals surface area contributed by atoms with E-state index in [2.05, 4.69) is 57.1 Å². The van der Waals surface area contributed by atoms with Gasteiger partial charge >= 0.3 is 11.7 Å². The fourth-order valence-corrected chi connectivity index (χ4v) is 11.6. The number of hydrogen-bond acceptors (Lipinski definition) is 7. The minimum absolute atomic E-state index is 0.0568. The molecule has 2 aromatic rings. The van der Waals surface area contributed by atoms with Gasteiger partial charge in [0.15, 0.2) is 5.52 Å². The number of fused-ring (bicyclic) bond motifs is 6. The zero-order valence-electron chi connectivity index (χ0n) is 24.2. The average Bonchev–Trinajstić information content (AvgIpc) is 3.47. The van der Waals surface area contributed by atoms with E-state index in [0.717, 1.165) is 32.1 Å². The minimum atomic E-state index is -0.991. The van der Waals surface area contributed by atoms with Crippen LogP contribution in [0.3, 0.4) is 0 Å². The van der Waals surface area contributed by atoms with Gasteiger partial charge in [-0.2, -0.15) is 12.6 Å². The molecule has 2 heterocycles. The van der Waals surface area contributed by atoms with Gasteiger partial charge < -0.3 is 14.4 Å². The van der Waals surface area contributed by atoms with E-state index in [1.165, 1.54) is 23.7 Å². The molecule has 6 rings (SSSR count). The third-order valence-electron chi connectivity index (χ3n) is 12.1. The normalized spacial score (nSPS) is 42.1. The lowest BCUT2D eigenvalue weighted by Crippen LogP contribution is -2.75. The Bertz CT molecular complexity index is 1520. The van der Waals surface area contributed by atoms with Crippen molar-refractivity contribution in [2.24, 2.45) is 22.7 Å². The molecule has 9 nitrogen and oxygen atoms in total. The Balaban J connectivity index is 1.19. The highest BCUT2D eigenvalue weighted by atomic mass is 32.1. The Morgan fingerprint density at radius 1 is 1.20 bits per heavy atom. The summed E-state index contributed by atoms with van der Waals surface area (Å²) < 4.78 is 6.96. The van der Waals surface area contributed by atoms with Gasteiger partial charge in [0.25, 0.3) is 5.56 Å². The topological polar surface area (TPSA) is 130 Å². The molecule has 4 fully saturated rings. The van der Waals surface area contributed by atoms with Crippen LogP contribution in [0.15, 0.2) is 28.1 Å². The van der Waals surface area contributed by atoms with Crippen LogP contribution in [0.2, 0.25) is 0 Å². The van der Waals surface area contributed by atoms with Gasteiger partial charge in [-0.15, -0.1) is 9.24 Å². The summed E-state index contributed by atoms with van der Waals surface area (Å²) in [6.07, 6.45) is 14.4. The smallest absolute Gasteiger partial charge is 0.327 e. The second-order valence-electron chi connectivity index (χ2n) is 13.7. The second kappa shape index (κ2) is 9.81. The van der Waals surface area contributed by atoms with Crippen molar-refractivity contribution >= 4 is 39.0 Å². The van der Waals surface area contributed by atoms with E-state index < -0.39 is 34.3 Å². The Hall–Kier alpha value is -1.90. The van der Waals surface area contributed by atoms with Crippen LogP contribution in [0.1, 0.15) is 85.0 Å². The van der Waals surface area contributed by atoms with Crippen molar-refractivity contribution in [1.82, 2.24) is 19.5 Å². The van der Waals surface area contributed by atoms with Crippen molar-refractivity contribution in [2.75, 3.05) is 0 Å². The summed E-state index contributed by atoms with van der Waals surface area (Å²) >= 11 is 5.58. The number of aromatic amines is 2. The predicted molar refractivity (Wildman–Crippen MR) is 164 cm³/mol. The number of ether oxygens (including phenoxy) is 1. The largest absolute Gasteiger partial charge is 0.461 e. The van der Waals surface area contributed by atoms with E-state index in [-0.39, 0.29) is 33.0 Å². The summed E-state index contributed by atoms with van der Waals surface area (Å²) in [7, 11) is 3.30. The molecule has 41 heavy (non-hydrogen) atoms. The third-order valence-corrected chi connectivity index (χ3v) is 14.7. The van der Waals surface area contributed by atoms with Crippen LogP contribution < -0.4 is 11.2 Å². The number of nitrogens with one attached hydrogen (secondary N) is 2. The molecule has 9 atom stereocenters. The number of hydrogen-bond donors (Lipinski definition) is 4. The van der Waals surface area contributed by atoms with Gasteiger partial charge in [-0.3, -0.25) is 19.6 Å². The Kier molecular flexibility index (Phi) is 6.99. The van der Waals surface area contributed by atoms with Crippen LogP contribution in [0, 0.1) is 22.7 Å². The van der Waals surface area contributed by atoms with Gasteiger partial charge in [-0.25, -0.2) is 9.78 Å². The predicted octanol–water partition coefficient (Wildman–Crippen LogP) is 4.11. The van der Waals surface area contributed by atoms with Gasteiger partial charge in [-0.05, 0) is 82.0 Å². The lowest BCUT2D eigenvalue weighted by Gasteiger charge is -2.72. The molecule has 0 saturated heterocycles. The molecule has 0 bridgehead atoms. The highest BCUT2D eigenvalue weighted by molar-refractivity contribution is 7.82. The molecule has 11 heteroatoms. The maximum atomic E-state index is 13.0. The Morgan fingerprint density at radius 3 is 2.73 bits per heavy atom. The first-order chi connectivity index (χ1) is 19.3. The van der Waals surface area contributed by atoms with E-state index in [1.807, 2.05) is 0 Å². The number of allylic oxidation sites excluding steroid dienone is 2. The monoisotopic (exact) mass is 602 g/mol. The number of imidazole rings is 1. The molecule has 2 aromatic heterocycles. The standard InChI is InChI=1S/C30H43N4O5PS/c1-4-5-6-18-7-8-20-26(18,2)11-14-30(41)27(3)10-9-19(15-28(27,38)12-13-29(20,30)40)39-21(35)16-34-17-31-22-23(34)32-25(37)33-24(22)36/h4-5,17-20,38,41H,6-16,40H2,1-3H3,(H2,32,33,36,37)/b5-4+/t18?,19?,20?,26?,27?,28-,29?,30?/m1/s1. The molecular weight excluding hydrogens is 559 g/mol. The number of aromatic nitrogens is 4. The Morgan fingerprint density at radius 2 is 1.98 bits per heavy atom. The van der Waals surface area contributed by atoms with Gasteiger partial charge in [0.05, 0.1) is 11.9 Å². The third kappa shape index (κ3) is 4.10. The summed E-state index contributed by atoms with van der Waals surface area (Å²) in [5.74, 6) is 0.736. The molecular formula is C30H43N4O5PS. The van der Waals surface area contributed by atoms with E-state index in [9.17, 15) is 19.5 Å². The number of aliphatic hydroxyl groups is 1. The quantitative estimate of drug-likeness (QED) is 0.176. The molecule has 8 unspecified atom stereocenters. The van der Waals surface area contributed by atoms with Crippen molar-refractivity contribution in [3.05, 3.63) is 39.3 Å². The summed E-state index contributed by atoms with van der Waals surface area (Å²) in [6.45, 7) is 6.65. The lowest BCUT2D eigenvalue weighted by atomic mass is 9.42. The second-order valence-corrected chi connectivity index (χ2v) is 15.5. The fraction of sp³-hybridized carbons (Fsp3) is 0.733. The highest BCUT2D eigenvalue weighted by Crippen LogP contribution is 2.76. The molecule has 0 aliphatic heterocycles. The molecule has 0 aromatic carbocycles. The van der Waals surface area contributed by atoms with Crippen LogP contribution in [0.25, 0.3) is 11.2 Å². The van der Waals surface area contributed by atoms with Crippen LogP contribution in [-0.2, 0) is 16.1 Å². The fourth-order valence-electron chi connectivity index (χ4n) is 9.70. The first-order valence-electron chi connectivity index (χ1n) is 15.0. The summed E-state index contributed by atoms with van der Waals surface area (Å²) in [5.41, 5.74) is -2.17. The van der Waals surface area contributed by atoms with E-state index in [4.69, 9.17) is 17.4 Å². The first-order valence-corrected chi connectivity index (χ1v) is 16.0. The number of esters is 1. The number of rotatable bonds is 5. The maximum Gasteiger partial charge on any atom is 0.327 e. The van der Waals surface area contributed by atoms with Crippen molar-refractivity contribution in [1.29, 1.82) is 0 Å². The van der Waals surface area contributed by atoms with Crippen molar-refractivity contribution in [3.8, 4) is 0 Å². The molecule has 0 amide bonds. The number of thiol groups is 1. The summed E-state index contributed by atoms with van der Waals surface area (Å²) in [6, 6.07) is 0. The van der Waals surface area contributed by atoms with Crippen LogP contribution in [0.5, 0.6) is 0 Å². The SMILES string of the molecule is C/C=C/CC1CCC2C1(C)CCC1(S)C2(P)CC[C@@]2(O)CC(OC(=O)Cn3cnc4c(=O)[nH]c(=O)[nH]c43)CCC12C. The number of nitrogens with zero attached hydrogens (tertiary/aromatic N) is 2. The van der Waals surface area contributed by atoms with Crippen molar-refractivity contribution in [3.63, 3.8) is 0 Å². The maximum absolute atomic E-state index is 13.0. The summed E-state index contributed by atoms with van der Waals surface area (Å²) in [5, 5.41) is 12.3. The van der Waals surface area contributed by atoms with Crippen LogP contribution in [0.4, 0.5) is 0 Å². The molecule has 4 saturated carbocycles. The first kappa shape index (κ1) is 29.2. The van der Waals surface area contributed by atoms with Gasteiger partial charge in [0.1, 0.15) is 18.3 Å². The minimum Gasteiger partial charge on any atom is -0.461 e. The van der Waals surface area contributed by atoms with E-state index in [0.29, 0.717) is 31.1 Å². The average molecular weight is 603 g/mol. The Labute approximate surface area is 247 Å². The molecule has 0 radical (unpaired) electrons. The van der Waals surface area contributed by atoms with Gasteiger partial charge in [0.2, 0.25) is 0 Å². The molecule has 224 valence electrons. The number of H-pyrrole nitrogens is 2. The zero-order chi connectivity index (χ0) is 29.4. The molecule has 3 N–H and O–H groups in total. The number of carbonyl (C=O) groups is 1. The van der Waals surface area contributed by atoms with E-state index >= 15 is 0 Å². The van der Waals surface area contributed by atoms with Crippen LogP contribution in [-0.4, -0.2) is 52.2 Å². The molecule has 4 aliphatic carbocycles. The summed E-state index contributed by atoms with van der Waals surface area (Å²) in [4.78, 5) is 45.4. The van der Waals surface area contributed by atoms with Crippen molar-refractivity contribution < 1.29 is 14.6 Å². The highest BCUT2D eigenvalue weighted by Gasteiger charge is 2.74. The lowest BCUT2D eigenvalue weighted by molar-refractivity contribution is -0.206. The van der Waals surface area contributed by atoms with Crippen molar-refractivity contribution in [2.45, 2.75) is 113 Å². The van der Waals surface area contributed by atoms with Crippen LogP contribution >= 0.6 is 21.9 Å². The van der Waals surface area contributed by atoms with E-state index in [1.54, 1.807) is 0 Å². The molecule has 0 spiro atoms. The van der Waals surface area contributed by atoms with Gasteiger partial charge in [-0.1, -0.05) is 26.0 Å². The molecule has 4 aliphatic rings. The zero-order valence-corrected chi connectivity index (χ0v) is 26.3. The number of carbonyl (C=O) groups excluding carboxylic acids is 1. The van der Waals surface area contributed by atoms with Gasteiger partial charge in [0, 0.05) is 21.7 Å².